The van der Waals surface area contributed by atoms with E-state index in [0.29, 0.717) is 10.2 Å². The molecule has 3 N–H and O–H groups in total. The third kappa shape index (κ3) is 2.74. The summed E-state index contributed by atoms with van der Waals surface area (Å²) >= 11 is 5.99. The predicted octanol–water partition coefficient (Wildman–Crippen LogP) is 3.30. The van der Waals surface area contributed by atoms with Crippen LogP contribution in [0.1, 0.15) is 34.6 Å². The zero-order valence-electron chi connectivity index (χ0n) is 11.6. The second kappa shape index (κ2) is 5.45. The molecule has 23 heavy (non-hydrogen) atoms. The number of nitrogens with one attached hydrogen (secondary N) is 1. The van der Waals surface area contributed by atoms with Crippen LogP contribution in [-0.4, -0.2) is 21.9 Å². The van der Waals surface area contributed by atoms with Crippen molar-refractivity contribution in [2.45, 2.75) is 24.7 Å². The molecule has 1 aromatic carbocycles. The lowest BCUT2D eigenvalue weighted by molar-refractivity contribution is -0.173. The number of nitrogens with zero attached hydrogens (tertiary/aromatic N) is 2. The number of carbonyl (C=O) groups is 1. The molecule has 0 aliphatic carbocycles. The highest BCUT2D eigenvalue weighted by molar-refractivity contribution is 6.36. The average molecular weight is 345 g/mol. The first-order chi connectivity index (χ1) is 10.8. The highest BCUT2D eigenvalue weighted by Gasteiger charge is 2.47. The van der Waals surface area contributed by atoms with E-state index in [-0.39, 0.29) is 23.0 Å². The number of nitrogens with two attached hydrogens (primary N) is 1. The van der Waals surface area contributed by atoms with Gasteiger partial charge in [0.2, 0.25) is 0 Å². The number of carbonyl (C=O) groups excluding carboxylic acids is 1. The van der Waals surface area contributed by atoms with Crippen LogP contribution in [0, 0.1) is 0 Å². The van der Waals surface area contributed by atoms with Gasteiger partial charge in [0.15, 0.2) is 11.7 Å². The Balaban J connectivity index is 2.10. The van der Waals surface area contributed by atoms with Gasteiger partial charge in [0, 0.05) is 6.42 Å². The molecule has 122 valence electrons. The Hall–Kier alpha value is -2.22. The summed E-state index contributed by atoms with van der Waals surface area (Å²) in [4.78, 5) is 11.3. The Bertz CT molecular complexity index is 744. The lowest BCUT2D eigenvalue weighted by atomic mass is 9.97. The smallest absolute Gasteiger partial charge is 0.364 e. The Morgan fingerprint density at radius 2 is 2.00 bits per heavy atom. The quantitative estimate of drug-likeness (QED) is 0.878. The van der Waals surface area contributed by atoms with E-state index >= 15 is 0 Å². The second-order valence-electron chi connectivity index (χ2n) is 5.22. The van der Waals surface area contributed by atoms with Crippen molar-refractivity contribution in [3.8, 4) is 0 Å². The van der Waals surface area contributed by atoms with E-state index < -0.39 is 24.2 Å². The summed E-state index contributed by atoms with van der Waals surface area (Å²) in [7, 11) is 0. The normalized spacial score (nSPS) is 20.7. The Labute approximate surface area is 134 Å². The van der Waals surface area contributed by atoms with Crippen molar-refractivity contribution in [2.75, 3.05) is 5.32 Å². The van der Waals surface area contributed by atoms with Crippen molar-refractivity contribution in [3.05, 3.63) is 46.6 Å². The fourth-order valence-corrected chi connectivity index (χ4v) is 2.92. The zero-order valence-corrected chi connectivity index (χ0v) is 12.4. The highest BCUT2D eigenvalue weighted by atomic mass is 35.5. The SMILES string of the molecule is NC(=O)c1nn2c(c1Cl)N[C@H](c1ccccc1)C[C@@H]2C(F)(F)F. The molecule has 1 amide bonds. The van der Waals surface area contributed by atoms with Gasteiger partial charge in [-0.1, -0.05) is 41.9 Å². The molecule has 2 heterocycles. The van der Waals surface area contributed by atoms with E-state index in [1.807, 2.05) is 0 Å². The predicted molar refractivity (Wildman–Crippen MR) is 78.3 cm³/mol. The number of hydrogen-bond donors (Lipinski definition) is 2. The average Bonchev–Trinajstić information content (AvgIpc) is 2.84. The van der Waals surface area contributed by atoms with Crippen LogP contribution in [0.5, 0.6) is 0 Å². The number of amides is 1. The van der Waals surface area contributed by atoms with Gasteiger partial charge < -0.3 is 11.1 Å². The van der Waals surface area contributed by atoms with Crippen LogP contribution in [0.4, 0.5) is 19.0 Å². The molecule has 0 bridgehead atoms. The van der Waals surface area contributed by atoms with Gasteiger partial charge in [-0.3, -0.25) is 4.79 Å². The molecule has 0 fully saturated rings. The number of hydrogen-bond acceptors (Lipinski definition) is 3. The van der Waals surface area contributed by atoms with Crippen molar-refractivity contribution in [1.29, 1.82) is 0 Å². The molecule has 0 unspecified atom stereocenters. The molecule has 0 spiro atoms. The summed E-state index contributed by atoms with van der Waals surface area (Å²) in [6.07, 6.45) is -4.80. The van der Waals surface area contributed by atoms with Crippen LogP contribution in [0.15, 0.2) is 30.3 Å². The van der Waals surface area contributed by atoms with E-state index in [0.717, 1.165) is 0 Å². The molecule has 0 radical (unpaired) electrons. The molecular weight excluding hydrogens is 333 g/mol. The fraction of sp³-hybridized carbons (Fsp3) is 0.286. The molecular formula is C14H12ClF3N4O. The Kier molecular flexibility index (Phi) is 3.71. The summed E-state index contributed by atoms with van der Waals surface area (Å²) < 4.78 is 40.9. The van der Waals surface area contributed by atoms with Gasteiger partial charge in [-0.2, -0.15) is 18.3 Å². The molecule has 3 rings (SSSR count). The minimum absolute atomic E-state index is 0.0529. The van der Waals surface area contributed by atoms with E-state index in [9.17, 15) is 18.0 Å². The molecule has 9 heteroatoms. The summed E-state index contributed by atoms with van der Waals surface area (Å²) in [5.74, 6) is -1.03. The molecule has 0 saturated heterocycles. The first-order valence-electron chi connectivity index (χ1n) is 6.75. The van der Waals surface area contributed by atoms with Gasteiger partial charge in [-0.15, -0.1) is 0 Å². The number of halogens is 4. The second-order valence-corrected chi connectivity index (χ2v) is 5.60. The molecule has 2 atom stereocenters. The number of fused-ring (bicyclic) bond motifs is 1. The van der Waals surface area contributed by atoms with Crippen LogP contribution in [0.25, 0.3) is 0 Å². The van der Waals surface area contributed by atoms with E-state index in [1.54, 1.807) is 30.3 Å². The molecule has 1 aliphatic rings. The van der Waals surface area contributed by atoms with E-state index in [1.165, 1.54) is 0 Å². The monoisotopic (exact) mass is 344 g/mol. The summed E-state index contributed by atoms with van der Waals surface area (Å²) in [6.45, 7) is 0. The van der Waals surface area contributed by atoms with E-state index in [2.05, 4.69) is 10.4 Å². The maximum Gasteiger partial charge on any atom is 0.410 e. The zero-order chi connectivity index (χ0) is 16.8. The standard InChI is InChI=1S/C14H12ClF3N4O/c15-10-11(12(19)23)21-22-9(14(16,17)18)6-8(20-13(10)22)7-4-2-1-3-5-7/h1-5,8-9,20H,6H2,(H2,19,23)/t8-,9+/m0/s1. The maximum atomic E-state index is 13.4. The lowest BCUT2D eigenvalue weighted by Crippen LogP contribution is -2.35. The number of aromatic nitrogens is 2. The van der Waals surface area contributed by atoms with Crippen LogP contribution in [-0.2, 0) is 0 Å². The summed E-state index contributed by atoms with van der Waals surface area (Å²) in [5.41, 5.74) is 5.43. The number of primary amides is 1. The topological polar surface area (TPSA) is 72.9 Å². The van der Waals surface area contributed by atoms with Gasteiger partial charge in [0.1, 0.15) is 10.8 Å². The van der Waals surface area contributed by atoms with Gasteiger partial charge >= 0.3 is 6.18 Å². The van der Waals surface area contributed by atoms with Crippen LogP contribution >= 0.6 is 11.6 Å². The number of rotatable bonds is 2. The molecule has 2 aromatic rings. The largest absolute Gasteiger partial charge is 0.410 e. The van der Waals surface area contributed by atoms with Crippen LogP contribution in [0.3, 0.4) is 0 Å². The summed E-state index contributed by atoms with van der Waals surface area (Å²) in [5, 5.41) is 6.37. The first-order valence-corrected chi connectivity index (χ1v) is 7.13. The van der Waals surface area contributed by atoms with Crippen molar-refractivity contribution < 1.29 is 18.0 Å². The number of alkyl halides is 3. The lowest BCUT2D eigenvalue weighted by Gasteiger charge is -2.33. The van der Waals surface area contributed by atoms with Crippen LogP contribution in [0.2, 0.25) is 5.02 Å². The van der Waals surface area contributed by atoms with E-state index in [4.69, 9.17) is 17.3 Å². The third-order valence-corrected chi connectivity index (χ3v) is 4.09. The molecule has 5 nitrogen and oxygen atoms in total. The minimum atomic E-state index is -4.53. The Morgan fingerprint density at radius 3 is 2.57 bits per heavy atom. The highest BCUT2D eigenvalue weighted by Crippen LogP contribution is 2.46. The summed E-state index contributed by atoms with van der Waals surface area (Å²) in [6, 6.07) is 6.19. The fourth-order valence-electron chi connectivity index (χ4n) is 2.65. The third-order valence-electron chi connectivity index (χ3n) is 3.73. The van der Waals surface area contributed by atoms with Crippen molar-refractivity contribution >= 4 is 23.3 Å². The molecule has 0 saturated carbocycles. The van der Waals surface area contributed by atoms with Gasteiger partial charge in [-0.25, -0.2) is 4.68 Å². The molecule has 1 aromatic heterocycles. The number of anilines is 1. The maximum absolute atomic E-state index is 13.4. The van der Waals surface area contributed by atoms with Crippen molar-refractivity contribution in [3.63, 3.8) is 0 Å². The van der Waals surface area contributed by atoms with Gasteiger partial charge in [0.05, 0.1) is 6.04 Å². The van der Waals surface area contributed by atoms with Gasteiger partial charge in [-0.05, 0) is 5.56 Å². The number of benzene rings is 1. The van der Waals surface area contributed by atoms with Crippen molar-refractivity contribution in [2.24, 2.45) is 5.73 Å². The molecule has 1 aliphatic heterocycles. The Morgan fingerprint density at radius 1 is 1.35 bits per heavy atom. The van der Waals surface area contributed by atoms with Gasteiger partial charge in [0.25, 0.3) is 5.91 Å². The van der Waals surface area contributed by atoms with Crippen LogP contribution < -0.4 is 11.1 Å². The minimum Gasteiger partial charge on any atom is -0.364 e. The van der Waals surface area contributed by atoms with Crippen molar-refractivity contribution in [1.82, 2.24) is 9.78 Å². The first kappa shape index (κ1) is 15.7.